The van der Waals surface area contributed by atoms with E-state index in [0.717, 1.165) is 30.7 Å². The standard InChI is InChI=1S/C17H26N2O2/c1-4-21-14-8-5-7-13(11-14)12-19-16(20)15-17(2,3)9-6-10-18-15/h5,7-8,11,15,18H,4,6,9-10,12H2,1-3H3,(H,19,20). The number of carbonyl (C=O) groups is 1. The SMILES string of the molecule is CCOc1cccc(CNC(=O)C2NCCCC2(C)C)c1. The van der Waals surface area contributed by atoms with Gasteiger partial charge in [-0.1, -0.05) is 26.0 Å². The van der Waals surface area contributed by atoms with E-state index in [1.54, 1.807) is 0 Å². The average molecular weight is 290 g/mol. The van der Waals surface area contributed by atoms with Crippen molar-refractivity contribution in [3.05, 3.63) is 29.8 Å². The van der Waals surface area contributed by atoms with Crippen LogP contribution in [0.5, 0.6) is 5.75 Å². The molecule has 1 heterocycles. The Kier molecular flexibility index (Phi) is 5.23. The molecule has 0 radical (unpaired) electrons. The third-order valence-electron chi connectivity index (χ3n) is 4.07. The van der Waals surface area contributed by atoms with Crippen molar-refractivity contribution in [2.75, 3.05) is 13.2 Å². The van der Waals surface area contributed by atoms with E-state index in [2.05, 4.69) is 24.5 Å². The summed E-state index contributed by atoms with van der Waals surface area (Å²) < 4.78 is 5.48. The lowest BCUT2D eigenvalue weighted by molar-refractivity contribution is -0.126. The van der Waals surface area contributed by atoms with Crippen LogP contribution in [0.15, 0.2) is 24.3 Å². The Bertz CT molecular complexity index is 485. The largest absolute Gasteiger partial charge is 0.494 e. The minimum absolute atomic E-state index is 0.00943. The van der Waals surface area contributed by atoms with Gasteiger partial charge in [0.05, 0.1) is 12.6 Å². The predicted octanol–water partition coefficient (Wildman–Crippen LogP) is 2.48. The minimum atomic E-state index is -0.110. The van der Waals surface area contributed by atoms with Crippen molar-refractivity contribution in [3.8, 4) is 5.75 Å². The molecule has 1 fully saturated rings. The summed E-state index contributed by atoms with van der Waals surface area (Å²) in [6.07, 6.45) is 2.21. The normalized spacial score (nSPS) is 20.8. The van der Waals surface area contributed by atoms with Crippen LogP contribution in [0.3, 0.4) is 0 Å². The van der Waals surface area contributed by atoms with Crippen LogP contribution >= 0.6 is 0 Å². The first-order chi connectivity index (χ1) is 10.0. The van der Waals surface area contributed by atoms with E-state index in [1.165, 1.54) is 0 Å². The lowest BCUT2D eigenvalue weighted by Gasteiger charge is -2.38. The topological polar surface area (TPSA) is 50.4 Å². The summed E-state index contributed by atoms with van der Waals surface area (Å²) in [6.45, 7) is 8.37. The molecule has 1 aromatic carbocycles. The van der Waals surface area contributed by atoms with Crippen molar-refractivity contribution < 1.29 is 9.53 Å². The molecule has 1 aromatic rings. The molecule has 0 spiro atoms. The van der Waals surface area contributed by atoms with E-state index >= 15 is 0 Å². The van der Waals surface area contributed by atoms with Crippen LogP contribution in [-0.4, -0.2) is 25.1 Å². The lowest BCUT2D eigenvalue weighted by Crippen LogP contribution is -2.55. The number of hydrogen-bond acceptors (Lipinski definition) is 3. The first-order valence-corrected chi connectivity index (χ1v) is 7.76. The fourth-order valence-corrected chi connectivity index (χ4v) is 2.86. The van der Waals surface area contributed by atoms with Gasteiger partial charge < -0.3 is 15.4 Å². The molecule has 0 saturated carbocycles. The number of nitrogens with one attached hydrogen (secondary N) is 2. The zero-order valence-corrected chi connectivity index (χ0v) is 13.2. The van der Waals surface area contributed by atoms with Crippen molar-refractivity contribution in [1.29, 1.82) is 0 Å². The highest BCUT2D eigenvalue weighted by Crippen LogP contribution is 2.30. The fourth-order valence-electron chi connectivity index (χ4n) is 2.86. The van der Waals surface area contributed by atoms with E-state index in [1.807, 2.05) is 31.2 Å². The second-order valence-electron chi connectivity index (χ2n) is 6.28. The molecule has 1 aliphatic rings. The number of carbonyl (C=O) groups excluding carboxylic acids is 1. The molecular formula is C17H26N2O2. The molecule has 1 amide bonds. The molecule has 116 valence electrons. The van der Waals surface area contributed by atoms with Gasteiger partial charge in [0.25, 0.3) is 0 Å². The third kappa shape index (κ3) is 4.21. The van der Waals surface area contributed by atoms with Crippen molar-refractivity contribution in [3.63, 3.8) is 0 Å². The zero-order valence-electron chi connectivity index (χ0n) is 13.2. The zero-order chi connectivity index (χ0) is 15.3. The summed E-state index contributed by atoms with van der Waals surface area (Å²) in [4.78, 5) is 12.4. The molecule has 0 bridgehead atoms. The van der Waals surface area contributed by atoms with Gasteiger partial charge in [0.15, 0.2) is 0 Å². The van der Waals surface area contributed by atoms with Crippen LogP contribution in [0, 0.1) is 5.41 Å². The highest BCUT2D eigenvalue weighted by molar-refractivity contribution is 5.82. The lowest BCUT2D eigenvalue weighted by atomic mass is 9.77. The van der Waals surface area contributed by atoms with Crippen LogP contribution in [0.2, 0.25) is 0 Å². The number of benzene rings is 1. The maximum Gasteiger partial charge on any atom is 0.237 e. The van der Waals surface area contributed by atoms with Gasteiger partial charge >= 0.3 is 0 Å². The van der Waals surface area contributed by atoms with Gasteiger partial charge in [-0.2, -0.15) is 0 Å². The van der Waals surface area contributed by atoms with Gasteiger partial charge in [0.1, 0.15) is 5.75 Å². The Balaban J connectivity index is 1.93. The highest BCUT2D eigenvalue weighted by atomic mass is 16.5. The van der Waals surface area contributed by atoms with Gasteiger partial charge in [0.2, 0.25) is 5.91 Å². The quantitative estimate of drug-likeness (QED) is 0.876. The van der Waals surface area contributed by atoms with Crippen LogP contribution in [0.4, 0.5) is 0 Å². The maximum absolute atomic E-state index is 12.4. The Morgan fingerprint density at radius 3 is 3.00 bits per heavy atom. The number of piperidine rings is 1. The molecule has 1 unspecified atom stereocenters. The van der Waals surface area contributed by atoms with E-state index in [9.17, 15) is 4.79 Å². The Morgan fingerprint density at radius 2 is 2.29 bits per heavy atom. The van der Waals surface area contributed by atoms with Gasteiger partial charge in [-0.15, -0.1) is 0 Å². The second kappa shape index (κ2) is 6.94. The first-order valence-electron chi connectivity index (χ1n) is 7.76. The van der Waals surface area contributed by atoms with Gasteiger partial charge in [-0.05, 0) is 49.4 Å². The van der Waals surface area contributed by atoms with E-state index in [0.29, 0.717) is 13.2 Å². The number of hydrogen-bond donors (Lipinski definition) is 2. The number of amides is 1. The molecule has 1 atom stereocenters. The highest BCUT2D eigenvalue weighted by Gasteiger charge is 2.36. The molecule has 0 aromatic heterocycles. The third-order valence-corrected chi connectivity index (χ3v) is 4.07. The van der Waals surface area contributed by atoms with Crippen molar-refractivity contribution in [2.45, 2.75) is 46.2 Å². The van der Waals surface area contributed by atoms with E-state index in [-0.39, 0.29) is 17.4 Å². The minimum Gasteiger partial charge on any atom is -0.494 e. The molecule has 1 aliphatic heterocycles. The molecule has 21 heavy (non-hydrogen) atoms. The smallest absolute Gasteiger partial charge is 0.237 e. The summed E-state index contributed by atoms with van der Waals surface area (Å²) in [6, 6.07) is 7.75. The summed E-state index contributed by atoms with van der Waals surface area (Å²) in [7, 11) is 0. The first kappa shape index (κ1) is 15.8. The molecule has 4 nitrogen and oxygen atoms in total. The second-order valence-corrected chi connectivity index (χ2v) is 6.28. The van der Waals surface area contributed by atoms with E-state index < -0.39 is 0 Å². The van der Waals surface area contributed by atoms with E-state index in [4.69, 9.17) is 4.74 Å². The van der Waals surface area contributed by atoms with Crippen LogP contribution in [-0.2, 0) is 11.3 Å². The van der Waals surface area contributed by atoms with Gasteiger partial charge in [0, 0.05) is 6.54 Å². The van der Waals surface area contributed by atoms with Gasteiger partial charge in [-0.25, -0.2) is 0 Å². The van der Waals surface area contributed by atoms with Gasteiger partial charge in [-0.3, -0.25) is 4.79 Å². The fraction of sp³-hybridized carbons (Fsp3) is 0.588. The number of ether oxygens (including phenoxy) is 1. The van der Waals surface area contributed by atoms with Crippen LogP contribution < -0.4 is 15.4 Å². The van der Waals surface area contributed by atoms with Crippen molar-refractivity contribution in [2.24, 2.45) is 5.41 Å². The monoisotopic (exact) mass is 290 g/mol. The summed E-state index contributed by atoms with van der Waals surface area (Å²) in [5.74, 6) is 0.932. The Labute approximate surface area is 127 Å². The van der Waals surface area contributed by atoms with Crippen LogP contribution in [0.1, 0.15) is 39.2 Å². The summed E-state index contributed by atoms with van der Waals surface area (Å²) >= 11 is 0. The molecule has 4 heteroatoms. The predicted molar refractivity (Wildman–Crippen MR) is 84.3 cm³/mol. The molecule has 2 N–H and O–H groups in total. The molecular weight excluding hydrogens is 264 g/mol. The molecule has 0 aliphatic carbocycles. The van der Waals surface area contributed by atoms with Crippen molar-refractivity contribution in [1.82, 2.24) is 10.6 Å². The molecule has 1 saturated heterocycles. The Morgan fingerprint density at radius 1 is 1.48 bits per heavy atom. The Hall–Kier alpha value is -1.55. The average Bonchev–Trinajstić information content (AvgIpc) is 2.45. The number of rotatable bonds is 5. The van der Waals surface area contributed by atoms with Crippen LogP contribution in [0.25, 0.3) is 0 Å². The summed E-state index contributed by atoms with van der Waals surface area (Å²) in [5, 5.41) is 6.38. The summed E-state index contributed by atoms with van der Waals surface area (Å²) in [5.41, 5.74) is 1.07. The molecule has 2 rings (SSSR count). The maximum atomic E-state index is 12.4. The van der Waals surface area contributed by atoms with Crippen molar-refractivity contribution >= 4 is 5.91 Å².